The number of Topliss-reactive ketones (excluding diaryl/α,β-unsaturated/α-hetero) is 2. The van der Waals surface area contributed by atoms with Crippen molar-refractivity contribution in [1.29, 1.82) is 0 Å². The topological polar surface area (TPSA) is 80.7 Å². The lowest BCUT2D eigenvalue weighted by atomic mass is 9.50. The van der Waals surface area contributed by atoms with Gasteiger partial charge >= 0.3 is 5.97 Å². The fourth-order valence-electron chi connectivity index (χ4n) is 4.01. The number of aliphatic hydroxyl groups is 1. The number of carbonyl (C=O) groups is 3. The summed E-state index contributed by atoms with van der Waals surface area (Å²) in [6, 6.07) is 0. The second-order valence-electron chi connectivity index (χ2n) is 6.72. The van der Waals surface area contributed by atoms with Gasteiger partial charge in [0.1, 0.15) is 11.6 Å². The molecule has 2 saturated carbocycles. The molecule has 0 aromatic heterocycles. The highest BCUT2D eigenvalue weighted by Gasteiger charge is 2.61. The Bertz CT molecular complexity index is 471. The van der Waals surface area contributed by atoms with Gasteiger partial charge in [-0.2, -0.15) is 0 Å². The summed E-state index contributed by atoms with van der Waals surface area (Å²) >= 11 is 0. The number of hydrogen-bond acceptors (Lipinski definition) is 5. The van der Waals surface area contributed by atoms with Gasteiger partial charge in [-0.25, -0.2) is 0 Å². The van der Waals surface area contributed by atoms with E-state index in [1.54, 1.807) is 6.92 Å². The highest BCUT2D eigenvalue weighted by Crippen LogP contribution is 2.56. The van der Waals surface area contributed by atoms with Gasteiger partial charge in [0.05, 0.1) is 18.1 Å². The molecule has 0 spiro atoms. The average Bonchev–Trinajstić information content (AvgIpc) is 2.38. The minimum Gasteiger partial charge on any atom is -0.466 e. The molecule has 0 radical (unpaired) electrons. The lowest BCUT2D eigenvalue weighted by molar-refractivity contribution is -0.195. The maximum absolute atomic E-state index is 12.2. The van der Waals surface area contributed by atoms with E-state index in [2.05, 4.69) is 0 Å². The summed E-state index contributed by atoms with van der Waals surface area (Å²) in [4.78, 5) is 35.8. The predicted molar refractivity (Wildman–Crippen MR) is 75.4 cm³/mol. The maximum atomic E-state index is 12.2. The number of hydrogen-bond donors (Lipinski definition) is 1. The zero-order valence-electron chi connectivity index (χ0n) is 13.0. The molecule has 2 aliphatic carbocycles. The highest BCUT2D eigenvalue weighted by atomic mass is 16.5. The number of esters is 1. The molecule has 0 saturated heterocycles. The van der Waals surface area contributed by atoms with Crippen molar-refractivity contribution in [2.24, 2.45) is 17.3 Å². The van der Waals surface area contributed by atoms with Crippen LogP contribution < -0.4 is 0 Å². The SMILES string of the molecule is CCOC(=O)[C@H]1CC(=O)C[C@@]2(O)C[C@@H](C(C)=O)CC[C@]12C. The average molecular weight is 296 g/mol. The predicted octanol–water partition coefficient (Wildman–Crippen LogP) is 1.66. The lowest BCUT2D eigenvalue weighted by Crippen LogP contribution is -2.61. The molecule has 2 aliphatic rings. The minimum atomic E-state index is -1.28. The fraction of sp³-hybridized carbons (Fsp3) is 0.812. The first-order chi connectivity index (χ1) is 9.73. The molecule has 0 unspecified atom stereocenters. The summed E-state index contributed by atoms with van der Waals surface area (Å²) in [5, 5.41) is 11.0. The second-order valence-corrected chi connectivity index (χ2v) is 6.72. The van der Waals surface area contributed by atoms with Crippen molar-refractivity contribution in [1.82, 2.24) is 0 Å². The highest BCUT2D eigenvalue weighted by molar-refractivity contribution is 5.88. The Morgan fingerprint density at radius 3 is 2.67 bits per heavy atom. The Balaban J connectivity index is 2.34. The molecule has 0 amide bonds. The minimum absolute atomic E-state index is 0.0309. The molecule has 0 aromatic rings. The van der Waals surface area contributed by atoms with E-state index in [0.29, 0.717) is 12.8 Å². The van der Waals surface area contributed by atoms with E-state index in [4.69, 9.17) is 4.74 Å². The van der Waals surface area contributed by atoms with Crippen LogP contribution in [0.15, 0.2) is 0 Å². The second kappa shape index (κ2) is 5.52. The Morgan fingerprint density at radius 2 is 2.10 bits per heavy atom. The Hall–Kier alpha value is -1.23. The van der Waals surface area contributed by atoms with Gasteiger partial charge in [-0.3, -0.25) is 14.4 Å². The summed E-state index contributed by atoms with van der Waals surface area (Å²) < 4.78 is 5.09. The Labute approximate surface area is 125 Å². The van der Waals surface area contributed by atoms with Crippen LogP contribution in [0, 0.1) is 17.3 Å². The van der Waals surface area contributed by atoms with Gasteiger partial charge in [-0.1, -0.05) is 6.92 Å². The van der Waals surface area contributed by atoms with Crippen molar-refractivity contribution in [2.75, 3.05) is 6.61 Å². The first-order valence-corrected chi connectivity index (χ1v) is 7.64. The van der Waals surface area contributed by atoms with E-state index in [1.165, 1.54) is 6.92 Å². The molecule has 21 heavy (non-hydrogen) atoms. The van der Waals surface area contributed by atoms with Gasteiger partial charge in [0, 0.05) is 24.2 Å². The molecule has 4 atom stereocenters. The third-order valence-corrected chi connectivity index (χ3v) is 5.50. The molecule has 118 valence electrons. The zero-order valence-corrected chi connectivity index (χ0v) is 13.0. The molecule has 1 N–H and O–H groups in total. The molecular formula is C16H24O5. The van der Waals surface area contributed by atoms with E-state index in [9.17, 15) is 19.5 Å². The van der Waals surface area contributed by atoms with Crippen LogP contribution in [0.3, 0.4) is 0 Å². The molecule has 2 fully saturated rings. The molecule has 2 rings (SSSR count). The number of ether oxygens (including phenoxy) is 1. The number of carbonyl (C=O) groups excluding carboxylic acids is 3. The maximum Gasteiger partial charge on any atom is 0.310 e. The van der Waals surface area contributed by atoms with Gasteiger partial charge < -0.3 is 9.84 Å². The van der Waals surface area contributed by atoms with Crippen molar-refractivity contribution in [3.63, 3.8) is 0 Å². The van der Waals surface area contributed by atoms with E-state index in [1.807, 2.05) is 6.92 Å². The summed E-state index contributed by atoms with van der Waals surface area (Å²) in [6.45, 7) is 5.36. The molecule has 5 nitrogen and oxygen atoms in total. The van der Waals surface area contributed by atoms with Crippen molar-refractivity contribution >= 4 is 17.5 Å². The van der Waals surface area contributed by atoms with Crippen LogP contribution in [-0.4, -0.2) is 34.9 Å². The Morgan fingerprint density at radius 1 is 1.43 bits per heavy atom. The van der Waals surface area contributed by atoms with Crippen LogP contribution in [0.1, 0.15) is 52.9 Å². The smallest absolute Gasteiger partial charge is 0.310 e. The number of rotatable bonds is 3. The van der Waals surface area contributed by atoms with Crippen LogP contribution in [-0.2, 0) is 19.1 Å². The number of ketones is 2. The fourth-order valence-corrected chi connectivity index (χ4v) is 4.01. The summed E-state index contributed by atoms with van der Waals surface area (Å²) in [5.41, 5.74) is -1.98. The van der Waals surface area contributed by atoms with Gasteiger partial charge in [0.2, 0.25) is 0 Å². The molecule has 0 bridgehead atoms. The van der Waals surface area contributed by atoms with E-state index in [-0.39, 0.29) is 43.4 Å². The quantitative estimate of drug-likeness (QED) is 0.801. The largest absolute Gasteiger partial charge is 0.466 e. The van der Waals surface area contributed by atoms with Crippen LogP contribution in [0.4, 0.5) is 0 Å². The lowest BCUT2D eigenvalue weighted by Gasteiger charge is -2.55. The Kier molecular flexibility index (Phi) is 4.24. The third-order valence-electron chi connectivity index (χ3n) is 5.50. The van der Waals surface area contributed by atoms with E-state index in [0.717, 1.165) is 0 Å². The monoisotopic (exact) mass is 296 g/mol. The van der Waals surface area contributed by atoms with Crippen LogP contribution in [0.5, 0.6) is 0 Å². The van der Waals surface area contributed by atoms with Gasteiger partial charge in [0.25, 0.3) is 0 Å². The molecular weight excluding hydrogens is 272 g/mol. The van der Waals surface area contributed by atoms with Crippen molar-refractivity contribution in [2.45, 2.75) is 58.5 Å². The standard InChI is InChI=1S/C16H24O5/c1-4-21-14(19)13-7-12(18)9-16(20)8-11(10(2)17)5-6-15(13,16)3/h11,13,20H,4-9H2,1-3H3/t11-,13+,15+,16-/m0/s1. The van der Waals surface area contributed by atoms with E-state index >= 15 is 0 Å². The van der Waals surface area contributed by atoms with Crippen molar-refractivity contribution in [3.8, 4) is 0 Å². The summed E-state index contributed by atoms with van der Waals surface area (Å²) in [6.07, 6.45) is 1.63. The third kappa shape index (κ3) is 2.63. The summed E-state index contributed by atoms with van der Waals surface area (Å²) in [5.74, 6) is -1.34. The van der Waals surface area contributed by atoms with Crippen molar-refractivity contribution < 1.29 is 24.2 Å². The first kappa shape index (κ1) is 16.1. The molecule has 0 heterocycles. The van der Waals surface area contributed by atoms with E-state index < -0.39 is 22.9 Å². The molecule has 0 aromatic carbocycles. The number of fused-ring (bicyclic) bond motifs is 1. The first-order valence-electron chi connectivity index (χ1n) is 7.64. The summed E-state index contributed by atoms with van der Waals surface area (Å²) in [7, 11) is 0. The van der Waals surface area contributed by atoms with Gasteiger partial charge in [-0.15, -0.1) is 0 Å². The van der Waals surface area contributed by atoms with Crippen molar-refractivity contribution in [3.05, 3.63) is 0 Å². The van der Waals surface area contributed by atoms with Crippen LogP contribution in [0.25, 0.3) is 0 Å². The van der Waals surface area contributed by atoms with Crippen LogP contribution >= 0.6 is 0 Å². The normalized spacial score (nSPS) is 39.5. The van der Waals surface area contributed by atoms with Crippen LogP contribution in [0.2, 0.25) is 0 Å². The molecule has 5 heteroatoms. The molecule has 0 aliphatic heterocycles. The van der Waals surface area contributed by atoms with Gasteiger partial charge in [0.15, 0.2) is 0 Å². The van der Waals surface area contributed by atoms with Gasteiger partial charge in [-0.05, 0) is 33.1 Å². The zero-order chi connectivity index (χ0) is 15.8.